The molecular weight excluding hydrogens is 212 g/mol. The van der Waals surface area contributed by atoms with E-state index in [0.29, 0.717) is 17.9 Å². The summed E-state index contributed by atoms with van der Waals surface area (Å²) in [5.74, 6) is 0.565. The Kier molecular flexibility index (Phi) is 3.39. The maximum atomic E-state index is 12.5. The second-order valence-electron chi connectivity index (χ2n) is 4.25. The summed E-state index contributed by atoms with van der Waals surface area (Å²) in [6, 6.07) is 4.05. The number of nitrogens with one attached hydrogen (secondary N) is 1. The number of hydrogen-bond donors (Lipinski definition) is 2. The predicted octanol–water partition coefficient (Wildman–Crippen LogP) is 2.48. The first-order valence-corrected chi connectivity index (χ1v) is 5.47. The van der Waals surface area contributed by atoms with Gasteiger partial charge in [0.1, 0.15) is 5.75 Å². The summed E-state index contributed by atoms with van der Waals surface area (Å²) in [5.41, 5.74) is 0.616. The monoisotopic (exact) mass is 227 g/mol. The van der Waals surface area contributed by atoms with Crippen molar-refractivity contribution in [2.75, 3.05) is 13.1 Å². The zero-order valence-corrected chi connectivity index (χ0v) is 8.92. The topological polar surface area (TPSA) is 32.3 Å². The molecule has 1 saturated heterocycles. The van der Waals surface area contributed by atoms with Gasteiger partial charge in [-0.3, -0.25) is 0 Å². The lowest BCUT2D eigenvalue weighted by Crippen LogP contribution is -2.11. The highest BCUT2D eigenvalue weighted by molar-refractivity contribution is 5.37. The Bertz CT molecular complexity index is 362. The van der Waals surface area contributed by atoms with Crippen molar-refractivity contribution in [1.29, 1.82) is 0 Å². The van der Waals surface area contributed by atoms with Gasteiger partial charge in [-0.2, -0.15) is 0 Å². The number of hydrogen-bond acceptors (Lipinski definition) is 2. The minimum atomic E-state index is -2.47. The molecule has 0 saturated carbocycles. The van der Waals surface area contributed by atoms with E-state index in [9.17, 15) is 13.9 Å². The highest BCUT2D eigenvalue weighted by Gasteiger charge is 2.18. The molecule has 2 rings (SSSR count). The van der Waals surface area contributed by atoms with Crippen molar-refractivity contribution in [2.45, 2.75) is 19.3 Å². The summed E-state index contributed by atoms with van der Waals surface area (Å²) in [5, 5.41) is 12.8. The predicted molar refractivity (Wildman–Crippen MR) is 57.7 cm³/mol. The molecule has 0 radical (unpaired) electrons. The van der Waals surface area contributed by atoms with Gasteiger partial charge < -0.3 is 10.4 Å². The zero-order chi connectivity index (χ0) is 11.5. The Hall–Kier alpha value is -1.16. The number of phenolic OH excluding ortho intramolecular Hbond substituents is 1. The van der Waals surface area contributed by atoms with Crippen molar-refractivity contribution in [3.8, 4) is 5.75 Å². The van der Waals surface area contributed by atoms with Crippen LogP contribution in [0.2, 0.25) is 0 Å². The number of aromatic hydroxyl groups is 1. The average Bonchev–Trinajstić information content (AvgIpc) is 2.73. The van der Waals surface area contributed by atoms with Gasteiger partial charge in [-0.15, -0.1) is 0 Å². The Labute approximate surface area is 93.3 Å². The normalized spacial score (nSPS) is 20.6. The van der Waals surface area contributed by atoms with Crippen LogP contribution in [0.5, 0.6) is 5.75 Å². The first-order valence-electron chi connectivity index (χ1n) is 5.47. The van der Waals surface area contributed by atoms with Crippen LogP contribution in [0.4, 0.5) is 8.78 Å². The maximum absolute atomic E-state index is 12.5. The lowest BCUT2D eigenvalue weighted by Gasteiger charge is -2.11. The van der Waals surface area contributed by atoms with E-state index < -0.39 is 6.43 Å². The molecule has 2 N–H and O–H groups in total. The van der Waals surface area contributed by atoms with Crippen molar-refractivity contribution in [3.63, 3.8) is 0 Å². The lowest BCUT2D eigenvalue weighted by molar-refractivity contribution is 0.151. The molecular formula is C12H15F2NO. The number of halogens is 2. The van der Waals surface area contributed by atoms with Gasteiger partial charge in [0.2, 0.25) is 0 Å². The van der Waals surface area contributed by atoms with E-state index in [1.54, 1.807) is 0 Å². The molecule has 0 aromatic heterocycles. The molecule has 16 heavy (non-hydrogen) atoms. The SMILES string of the molecule is Oc1ccc(C(F)F)cc1CC1CCNC1. The van der Waals surface area contributed by atoms with Gasteiger partial charge >= 0.3 is 0 Å². The van der Waals surface area contributed by atoms with Crippen molar-refractivity contribution in [1.82, 2.24) is 5.32 Å². The third-order valence-corrected chi connectivity index (χ3v) is 3.03. The summed E-state index contributed by atoms with van der Waals surface area (Å²) >= 11 is 0. The summed E-state index contributed by atoms with van der Waals surface area (Å²) in [6.45, 7) is 1.87. The van der Waals surface area contributed by atoms with Crippen LogP contribution in [0.1, 0.15) is 24.0 Å². The average molecular weight is 227 g/mol. The first-order chi connectivity index (χ1) is 7.66. The zero-order valence-electron chi connectivity index (χ0n) is 8.92. The minimum absolute atomic E-state index is 0.0150. The summed E-state index contributed by atoms with van der Waals surface area (Å²) < 4.78 is 25.0. The fraction of sp³-hybridized carbons (Fsp3) is 0.500. The maximum Gasteiger partial charge on any atom is 0.263 e. The third-order valence-electron chi connectivity index (χ3n) is 3.03. The van der Waals surface area contributed by atoms with Crippen LogP contribution in [0.3, 0.4) is 0 Å². The van der Waals surface area contributed by atoms with Gasteiger partial charge in [0, 0.05) is 5.56 Å². The van der Waals surface area contributed by atoms with E-state index in [2.05, 4.69) is 5.32 Å². The van der Waals surface area contributed by atoms with Gasteiger partial charge in [-0.05, 0) is 55.6 Å². The molecule has 1 heterocycles. The third kappa shape index (κ3) is 2.50. The lowest BCUT2D eigenvalue weighted by atomic mass is 9.96. The molecule has 0 spiro atoms. The Morgan fingerprint density at radius 1 is 1.44 bits per heavy atom. The quantitative estimate of drug-likeness (QED) is 0.831. The van der Waals surface area contributed by atoms with Crippen molar-refractivity contribution in [3.05, 3.63) is 29.3 Å². The van der Waals surface area contributed by atoms with E-state index in [1.807, 2.05) is 0 Å². The van der Waals surface area contributed by atoms with Crippen LogP contribution in [-0.4, -0.2) is 18.2 Å². The van der Waals surface area contributed by atoms with Crippen LogP contribution in [0, 0.1) is 5.92 Å². The van der Waals surface area contributed by atoms with E-state index in [0.717, 1.165) is 19.5 Å². The van der Waals surface area contributed by atoms with Crippen LogP contribution in [0.25, 0.3) is 0 Å². The van der Waals surface area contributed by atoms with Crippen molar-refractivity contribution < 1.29 is 13.9 Å². The van der Waals surface area contributed by atoms with Crippen LogP contribution >= 0.6 is 0 Å². The van der Waals surface area contributed by atoms with Gasteiger partial charge in [0.05, 0.1) is 0 Å². The molecule has 2 nitrogen and oxygen atoms in total. The molecule has 1 aliphatic rings. The molecule has 1 fully saturated rings. The van der Waals surface area contributed by atoms with E-state index in [1.165, 1.54) is 18.2 Å². The van der Waals surface area contributed by atoms with E-state index in [-0.39, 0.29) is 11.3 Å². The number of alkyl halides is 2. The highest BCUT2D eigenvalue weighted by Crippen LogP contribution is 2.28. The Morgan fingerprint density at radius 2 is 2.25 bits per heavy atom. The number of rotatable bonds is 3. The van der Waals surface area contributed by atoms with Gasteiger partial charge in [0.15, 0.2) is 0 Å². The second-order valence-corrected chi connectivity index (χ2v) is 4.25. The summed E-state index contributed by atoms with van der Waals surface area (Å²) in [7, 11) is 0. The fourth-order valence-corrected chi connectivity index (χ4v) is 2.10. The molecule has 0 bridgehead atoms. The molecule has 0 amide bonds. The minimum Gasteiger partial charge on any atom is -0.508 e. The molecule has 1 atom stereocenters. The second kappa shape index (κ2) is 4.78. The standard InChI is InChI=1S/C12H15F2NO/c13-12(14)9-1-2-11(16)10(6-9)5-8-3-4-15-7-8/h1-2,6,8,12,15-16H,3-5,7H2. The Balaban J connectivity index is 2.14. The fourth-order valence-electron chi connectivity index (χ4n) is 2.10. The molecule has 88 valence electrons. The van der Waals surface area contributed by atoms with Crippen molar-refractivity contribution >= 4 is 0 Å². The van der Waals surface area contributed by atoms with Crippen LogP contribution < -0.4 is 5.32 Å². The van der Waals surface area contributed by atoms with Gasteiger partial charge in [0.25, 0.3) is 6.43 Å². The molecule has 1 aromatic carbocycles. The largest absolute Gasteiger partial charge is 0.508 e. The van der Waals surface area contributed by atoms with Crippen LogP contribution in [-0.2, 0) is 6.42 Å². The first kappa shape index (κ1) is 11.3. The summed E-state index contributed by atoms with van der Waals surface area (Å²) in [6.07, 6.45) is -0.765. The summed E-state index contributed by atoms with van der Waals surface area (Å²) in [4.78, 5) is 0. The van der Waals surface area contributed by atoms with Gasteiger partial charge in [-0.25, -0.2) is 8.78 Å². The molecule has 4 heteroatoms. The molecule has 1 aliphatic heterocycles. The molecule has 1 unspecified atom stereocenters. The van der Waals surface area contributed by atoms with Crippen LogP contribution in [0.15, 0.2) is 18.2 Å². The molecule has 1 aromatic rings. The smallest absolute Gasteiger partial charge is 0.263 e. The van der Waals surface area contributed by atoms with E-state index in [4.69, 9.17) is 0 Å². The number of phenols is 1. The Morgan fingerprint density at radius 3 is 2.88 bits per heavy atom. The van der Waals surface area contributed by atoms with E-state index >= 15 is 0 Å². The highest BCUT2D eigenvalue weighted by atomic mass is 19.3. The van der Waals surface area contributed by atoms with Gasteiger partial charge in [-0.1, -0.05) is 0 Å². The van der Waals surface area contributed by atoms with Crippen molar-refractivity contribution in [2.24, 2.45) is 5.92 Å². The molecule has 0 aliphatic carbocycles. The number of benzene rings is 1.